The molecule has 1 atom stereocenters. The van der Waals surface area contributed by atoms with Gasteiger partial charge in [0.2, 0.25) is 5.91 Å². The van der Waals surface area contributed by atoms with Crippen LogP contribution in [-0.2, 0) is 4.79 Å². The molecule has 8 heteroatoms. The van der Waals surface area contributed by atoms with E-state index >= 15 is 0 Å². The molecule has 3 rings (SSSR count). The Hall–Kier alpha value is -2.74. The monoisotopic (exact) mass is 386 g/mol. The molecular weight excluding hydrogens is 364 g/mol. The Labute approximate surface area is 161 Å². The van der Waals surface area contributed by atoms with Crippen LogP contribution in [-0.4, -0.2) is 34.5 Å². The molecule has 142 valence electrons. The summed E-state index contributed by atoms with van der Waals surface area (Å²) in [5.41, 5.74) is 1.93. The van der Waals surface area contributed by atoms with Crippen LogP contribution in [0.15, 0.2) is 22.7 Å². The van der Waals surface area contributed by atoms with Gasteiger partial charge in [0.15, 0.2) is 0 Å². The van der Waals surface area contributed by atoms with Gasteiger partial charge in [0.05, 0.1) is 27.2 Å². The van der Waals surface area contributed by atoms with E-state index in [-0.39, 0.29) is 11.8 Å². The largest absolute Gasteiger partial charge is 0.354 e. The fraction of sp³-hybridized carbons (Fsp3) is 0.368. The smallest absolute Gasteiger partial charge is 0.259 e. The molecule has 0 aliphatic rings. The first kappa shape index (κ1) is 19.0. The summed E-state index contributed by atoms with van der Waals surface area (Å²) in [7, 11) is 0. The summed E-state index contributed by atoms with van der Waals surface area (Å²) in [6, 6.07) is 5.03. The maximum atomic E-state index is 12.9. The van der Waals surface area contributed by atoms with Crippen molar-refractivity contribution < 1.29 is 14.1 Å². The molecule has 7 nitrogen and oxygen atoms in total. The molecule has 2 N–H and O–H groups in total. The number of rotatable bonds is 6. The van der Waals surface area contributed by atoms with E-state index < -0.39 is 6.04 Å². The Bertz CT molecular complexity index is 992. The second-order valence-electron chi connectivity index (χ2n) is 6.40. The SMILES string of the molecule is CCCNC(=O)C(C)NC(=O)c1cc(-c2ccc(C)s2)nc2onc(C)c12. The highest BCUT2D eigenvalue weighted by Crippen LogP contribution is 2.31. The van der Waals surface area contributed by atoms with E-state index in [1.54, 1.807) is 31.3 Å². The fourth-order valence-electron chi connectivity index (χ4n) is 2.71. The number of aromatic nitrogens is 2. The highest BCUT2D eigenvalue weighted by Gasteiger charge is 2.22. The molecule has 3 aromatic heterocycles. The van der Waals surface area contributed by atoms with Gasteiger partial charge in [0, 0.05) is 11.4 Å². The van der Waals surface area contributed by atoms with Crippen molar-refractivity contribution in [2.75, 3.05) is 6.54 Å². The Kier molecular flexibility index (Phi) is 5.55. The third-order valence-electron chi connectivity index (χ3n) is 4.14. The summed E-state index contributed by atoms with van der Waals surface area (Å²) in [5, 5.41) is 10.0. The quantitative estimate of drug-likeness (QED) is 0.678. The molecule has 0 radical (unpaired) electrons. The van der Waals surface area contributed by atoms with E-state index in [4.69, 9.17) is 4.52 Å². The molecule has 0 aliphatic heterocycles. The minimum Gasteiger partial charge on any atom is -0.354 e. The summed E-state index contributed by atoms with van der Waals surface area (Å²) >= 11 is 1.58. The fourth-order valence-corrected chi connectivity index (χ4v) is 3.54. The van der Waals surface area contributed by atoms with E-state index in [0.29, 0.717) is 34.6 Å². The van der Waals surface area contributed by atoms with E-state index in [0.717, 1.165) is 16.2 Å². The summed E-state index contributed by atoms with van der Waals surface area (Å²) in [6.45, 7) is 7.97. The van der Waals surface area contributed by atoms with Gasteiger partial charge in [0.1, 0.15) is 6.04 Å². The molecule has 3 aromatic rings. The topological polar surface area (TPSA) is 97.1 Å². The van der Waals surface area contributed by atoms with Gasteiger partial charge in [-0.15, -0.1) is 11.3 Å². The van der Waals surface area contributed by atoms with E-state index in [1.807, 2.05) is 26.0 Å². The first-order chi connectivity index (χ1) is 12.9. The van der Waals surface area contributed by atoms with Gasteiger partial charge in [-0.3, -0.25) is 9.59 Å². The van der Waals surface area contributed by atoms with Crippen molar-refractivity contribution in [2.45, 2.75) is 40.2 Å². The van der Waals surface area contributed by atoms with Crippen LogP contribution in [0.3, 0.4) is 0 Å². The van der Waals surface area contributed by atoms with Gasteiger partial charge in [-0.05, 0) is 45.4 Å². The number of nitrogens with one attached hydrogen (secondary N) is 2. The maximum absolute atomic E-state index is 12.9. The van der Waals surface area contributed by atoms with Crippen molar-refractivity contribution in [3.8, 4) is 10.6 Å². The number of amides is 2. The number of carbonyl (C=O) groups excluding carboxylic acids is 2. The lowest BCUT2D eigenvalue weighted by Gasteiger charge is -2.14. The van der Waals surface area contributed by atoms with Crippen molar-refractivity contribution in [1.29, 1.82) is 0 Å². The Morgan fingerprint density at radius 3 is 2.74 bits per heavy atom. The second kappa shape index (κ2) is 7.87. The molecule has 27 heavy (non-hydrogen) atoms. The third kappa shape index (κ3) is 4.00. The van der Waals surface area contributed by atoms with Crippen LogP contribution in [0.1, 0.15) is 41.2 Å². The van der Waals surface area contributed by atoms with E-state index in [2.05, 4.69) is 20.8 Å². The lowest BCUT2D eigenvalue weighted by Crippen LogP contribution is -2.45. The number of fused-ring (bicyclic) bond motifs is 1. The summed E-state index contributed by atoms with van der Waals surface area (Å²) in [6.07, 6.45) is 0.834. The van der Waals surface area contributed by atoms with Crippen LogP contribution in [0.25, 0.3) is 21.7 Å². The molecule has 0 aliphatic carbocycles. The lowest BCUT2D eigenvalue weighted by molar-refractivity contribution is -0.122. The molecular formula is C19H22N4O3S. The minimum absolute atomic E-state index is 0.216. The zero-order valence-corrected chi connectivity index (χ0v) is 16.6. The van der Waals surface area contributed by atoms with Crippen LogP contribution < -0.4 is 10.6 Å². The highest BCUT2D eigenvalue weighted by atomic mass is 32.1. The molecule has 0 aromatic carbocycles. The van der Waals surface area contributed by atoms with Gasteiger partial charge in [-0.2, -0.15) is 0 Å². The molecule has 0 bridgehead atoms. The van der Waals surface area contributed by atoms with Crippen molar-refractivity contribution in [3.05, 3.63) is 34.3 Å². The van der Waals surface area contributed by atoms with Gasteiger partial charge in [-0.1, -0.05) is 12.1 Å². The van der Waals surface area contributed by atoms with Crippen molar-refractivity contribution >= 4 is 34.3 Å². The number of aryl methyl sites for hydroxylation is 2. The van der Waals surface area contributed by atoms with Gasteiger partial charge >= 0.3 is 0 Å². The van der Waals surface area contributed by atoms with E-state index in [9.17, 15) is 9.59 Å². The number of pyridine rings is 1. The standard InChI is InChI=1S/C19H22N4O3S/c1-5-8-20-17(24)12(4)21-18(25)13-9-14(15-7-6-10(2)27-15)22-19-16(13)11(3)23-26-19/h6-7,9,12H,5,8H2,1-4H3,(H,20,24)(H,21,25). The number of carbonyl (C=O) groups is 2. The minimum atomic E-state index is -0.653. The molecule has 0 fully saturated rings. The number of hydrogen-bond donors (Lipinski definition) is 2. The van der Waals surface area contributed by atoms with Gasteiger partial charge in [0.25, 0.3) is 11.6 Å². The zero-order chi connectivity index (χ0) is 19.6. The Morgan fingerprint density at radius 1 is 1.30 bits per heavy atom. The van der Waals surface area contributed by atoms with Crippen LogP contribution in [0.4, 0.5) is 0 Å². The molecule has 2 amide bonds. The predicted octanol–water partition coefficient (Wildman–Crippen LogP) is 3.21. The number of nitrogens with zero attached hydrogens (tertiary/aromatic N) is 2. The van der Waals surface area contributed by atoms with Gasteiger partial charge < -0.3 is 15.2 Å². The number of hydrogen-bond acceptors (Lipinski definition) is 6. The maximum Gasteiger partial charge on any atom is 0.259 e. The van der Waals surface area contributed by atoms with Crippen LogP contribution in [0.2, 0.25) is 0 Å². The van der Waals surface area contributed by atoms with Crippen molar-refractivity contribution in [3.63, 3.8) is 0 Å². The summed E-state index contributed by atoms with van der Waals surface area (Å²) in [5.74, 6) is -0.575. The molecule has 0 saturated heterocycles. The summed E-state index contributed by atoms with van der Waals surface area (Å²) < 4.78 is 5.30. The first-order valence-corrected chi connectivity index (χ1v) is 9.64. The average Bonchev–Trinajstić information content (AvgIpc) is 3.24. The zero-order valence-electron chi connectivity index (χ0n) is 15.8. The molecule has 0 saturated carbocycles. The van der Waals surface area contributed by atoms with Gasteiger partial charge in [-0.25, -0.2) is 4.98 Å². The van der Waals surface area contributed by atoms with Crippen LogP contribution in [0.5, 0.6) is 0 Å². The number of thiophene rings is 1. The molecule has 1 unspecified atom stereocenters. The molecule has 0 spiro atoms. The van der Waals surface area contributed by atoms with E-state index in [1.165, 1.54) is 0 Å². The molecule has 3 heterocycles. The Balaban J connectivity index is 1.95. The average molecular weight is 386 g/mol. The second-order valence-corrected chi connectivity index (χ2v) is 7.69. The van der Waals surface area contributed by atoms with Crippen molar-refractivity contribution in [2.24, 2.45) is 0 Å². The van der Waals surface area contributed by atoms with Crippen molar-refractivity contribution in [1.82, 2.24) is 20.8 Å². The normalized spacial score (nSPS) is 12.1. The Morgan fingerprint density at radius 2 is 2.07 bits per heavy atom. The predicted molar refractivity (Wildman–Crippen MR) is 105 cm³/mol. The third-order valence-corrected chi connectivity index (χ3v) is 5.17. The first-order valence-electron chi connectivity index (χ1n) is 8.83. The summed E-state index contributed by atoms with van der Waals surface area (Å²) in [4.78, 5) is 31.6. The van der Waals surface area contributed by atoms with Crippen LogP contribution >= 0.6 is 11.3 Å². The lowest BCUT2D eigenvalue weighted by atomic mass is 10.1. The highest BCUT2D eigenvalue weighted by molar-refractivity contribution is 7.15. The van der Waals surface area contributed by atoms with Crippen LogP contribution in [0, 0.1) is 13.8 Å².